The zero-order valence-electron chi connectivity index (χ0n) is 14.5. The van der Waals surface area contributed by atoms with Crippen molar-refractivity contribution in [3.05, 3.63) is 11.5 Å². The molecule has 3 rings (SSSR count). The van der Waals surface area contributed by atoms with Gasteiger partial charge in [-0.15, -0.1) is 0 Å². The molecule has 1 saturated heterocycles. The molecule has 2 fully saturated rings. The molecule has 0 aromatic carbocycles. The molecule has 1 N–H and O–H groups in total. The molecular formula is C17H23N3O5. The summed E-state index contributed by atoms with van der Waals surface area (Å²) in [6, 6.07) is -0.0174. The first-order valence-electron chi connectivity index (χ1n) is 8.73. The maximum absolute atomic E-state index is 12.5. The van der Waals surface area contributed by atoms with Gasteiger partial charge in [0.15, 0.2) is 0 Å². The minimum absolute atomic E-state index is 0.00803. The molecule has 1 atom stereocenters. The largest absolute Gasteiger partial charge is 0.460 e. The lowest BCUT2D eigenvalue weighted by Gasteiger charge is -2.31. The first-order valence-corrected chi connectivity index (χ1v) is 8.73. The van der Waals surface area contributed by atoms with Crippen LogP contribution in [0.15, 0.2) is 4.42 Å². The summed E-state index contributed by atoms with van der Waals surface area (Å²) in [5, 5.41) is 2.61. The van der Waals surface area contributed by atoms with Gasteiger partial charge in [0.05, 0.1) is 18.2 Å². The van der Waals surface area contributed by atoms with E-state index in [1.165, 1.54) is 0 Å². The van der Waals surface area contributed by atoms with E-state index in [4.69, 9.17) is 9.15 Å². The summed E-state index contributed by atoms with van der Waals surface area (Å²) in [5.74, 6) is -0.838. The number of esters is 1. The number of aromatic nitrogens is 1. The molecule has 1 aliphatic carbocycles. The lowest BCUT2D eigenvalue weighted by Crippen LogP contribution is -2.44. The lowest BCUT2D eigenvalue weighted by atomic mass is 9.97. The van der Waals surface area contributed by atoms with Crippen molar-refractivity contribution in [1.29, 1.82) is 0 Å². The number of anilines is 1. The van der Waals surface area contributed by atoms with Crippen LogP contribution in [-0.4, -0.2) is 47.4 Å². The highest BCUT2D eigenvalue weighted by Crippen LogP contribution is 2.32. The fourth-order valence-electron chi connectivity index (χ4n) is 3.02. The number of likely N-dealkylation sites (tertiary alicyclic amines) is 1. The van der Waals surface area contributed by atoms with Gasteiger partial charge in [0.2, 0.25) is 17.6 Å². The van der Waals surface area contributed by atoms with E-state index in [0.717, 1.165) is 19.3 Å². The second-order valence-corrected chi connectivity index (χ2v) is 6.54. The molecule has 0 unspecified atom stereocenters. The zero-order chi connectivity index (χ0) is 18.0. The Bertz CT molecular complexity index is 680. The summed E-state index contributed by atoms with van der Waals surface area (Å²) in [7, 11) is 0. The average Bonchev–Trinajstić information content (AvgIpc) is 3.38. The fourth-order valence-corrected chi connectivity index (χ4v) is 3.02. The Balaban J connectivity index is 1.60. The van der Waals surface area contributed by atoms with Crippen molar-refractivity contribution >= 4 is 23.8 Å². The Hall–Kier alpha value is -2.38. The van der Waals surface area contributed by atoms with Gasteiger partial charge in [-0.1, -0.05) is 0 Å². The molecule has 1 aromatic heterocycles. The minimum atomic E-state index is -0.605. The molecule has 136 valence electrons. The summed E-state index contributed by atoms with van der Waals surface area (Å²) < 4.78 is 10.2. The lowest BCUT2D eigenvalue weighted by molar-refractivity contribution is -0.135. The number of nitrogens with one attached hydrogen (secondary N) is 1. The molecule has 2 heterocycles. The van der Waals surface area contributed by atoms with E-state index in [0.29, 0.717) is 25.2 Å². The third-order valence-corrected chi connectivity index (χ3v) is 4.52. The summed E-state index contributed by atoms with van der Waals surface area (Å²) >= 11 is 0. The SMILES string of the molecule is CCOC(=O)c1oc(NC(=O)[C@H]2CCCN(C(=O)C3CC3)C2)nc1C. The third-order valence-electron chi connectivity index (χ3n) is 4.52. The molecule has 2 aliphatic rings. The monoisotopic (exact) mass is 349 g/mol. The van der Waals surface area contributed by atoms with Gasteiger partial charge < -0.3 is 14.1 Å². The van der Waals surface area contributed by atoms with Gasteiger partial charge in [-0.3, -0.25) is 14.9 Å². The average molecular weight is 349 g/mol. The molecular weight excluding hydrogens is 326 g/mol. The number of carbonyl (C=O) groups excluding carboxylic acids is 3. The van der Waals surface area contributed by atoms with Crippen LogP contribution in [0.5, 0.6) is 0 Å². The topological polar surface area (TPSA) is 102 Å². The molecule has 1 aliphatic heterocycles. The Morgan fingerprint density at radius 2 is 2.04 bits per heavy atom. The predicted octanol–water partition coefficient (Wildman–Crippen LogP) is 1.75. The van der Waals surface area contributed by atoms with Crippen LogP contribution in [0.1, 0.15) is 48.9 Å². The first kappa shape index (κ1) is 17.4. The Kier molecular flexibility index (Phi) is 5.06. The summed E-state index contributed by atoms with van der Waals surface area (Å²) in [4.78, 5) is 42.2. The van der Waals surface area contributed by atoms with E-state index in [9.17, 15) is 14.4 Å². The number of piperidine rings is 1. The van der Waals surface area contributed by atoms with E-state index in [2.05, 4.69) is 10.3 Å². The number of hydrogen-bond donors (Lipinski definition) is 1. The predicted molar refractivity (Wildman–Crippen MR) is 87.9 cm³/mol. The summed E-state index contributed by atoms with van der Waals surface area (Å²) in [6.45, 7) is 4.68. The van der Waals surface area contributed by atoms with Crippen molar-refractivity contribution in [2.24, 2.45) is 11.8 Å². The van der Waals surface area contributed by atoms with E-state index < -0.39 is 5.97 Å². The van der Waals surface area contributed by atoms with E-state index in [1.54, 1.807) is 18.7 Å². The van der Waals surface area contributed by atoms with Crippen LogP contribution in [0.4, 0.5) is 6.01 Å². The van der Waals surface area contributed by atoms with Gasteiger partial charge in [-0.2, -0.15) is 4.98 Å². The van der Waals surface area contributed by atoms with Crippen LogP contribution in [-0.2, 0) is 14.3 Å². The molecule has 0 radical (unpaired) electrons. The van der Waals surface area contributed by atoms with Gasteiger partial charge in [0.25, 0.3) is 0 Å². The van der Waals surface area contributed by atoms with E-state index in [1.807, 2.05) is 0 Å². The molecule has 1 aromatic rings. The number of aryl methyl sites for hydroxylation is 1. The van der Waals surface area contributed by atoms with Crippen LogP contribution < -0.4 is 5.32 Å². The van der Waals surface area contributed by atoms with Crippen LogP contribution >= 0.6 is 0 Å². The van der Waals surface area contributed by atoms with Crippen LogP contribution in [0.3, 0.4) is 0 Å². The number of ether oxygens (including phenoxy) is 1. The highest BCUT2D eigenvalue weighted by atomic mass is 16.5. The highest BCUT2D eigenvalue weighted by molar-refractivity contribution is 5.93. The fraction of sp³-hybridized carbons (Fsp3) is 0.647. The van der Waals surface area contributed by atoms with Crippen molar-refractivity contribution in [1.82, 2.24) is 9.88 Å². The molecule has 25 heavy (non-hydrogen) atoms. The molecule has 8 heteroatoms. The molecule has 2 amide bonds. The number of amides is 2. The molecule has 0 spiro atoms. The summed E-state index contributed by atoms with van der Waals surface area (Å²) in [6.07, 6.45) is 3.43. The van der Waals surface area contributed by atoms with Crippen molar-refractivity contribution in [3.63, 3.8) is 0 Å². The van der Waals surface area contributed by atoms with Crippen molar-refractivity contribution in [2.75, 3.05) is 25.0 Å². The van der Waals surface area contributed by atoms with Gasteiger partial charge >= 0.3 is 12.0 Å². The molecule has 8 nitrogen and oxygen atoms in total. The van der Waals surface area contributed by atoms with Gasteiger partial charge in [0.1, 0.15) is 0 Å². The van der Waals surface area contributed by atoms with E-state index in [-0.39, 0.29) is 42.0 Å². The smallest absolute Gasteiger partial charge is 0.376 e. The van der Waals surface area contributed by atoms with Crippen molar-refractivity contribution in [2.45, 2.75) is 39.5 Å². The van der Waals surface area contributed by atoms with Crippen LogP contribution in [0.25, 0.3) is 0 Å². The molecule has 1 saturated carbocycles. The highest BCUT2D eigenvalue weighted by Gasteiger charge is 2.37. The second kappa shape index (κ2) is 7.25. The zero-order valence-corrected chi connectivity index (χ0v) is 14.5. The van der Waals surface area contributed by atoms with Gasteiger partial charge in [-0.25, -0.2) is 4.79 Å². The minimum Gasteiger partial charge on any atom is -0.460 e. The van der Waals surface area contributed by atoms with Crippen molar-refractivity contribution < 1.29 is 23.5 Å². The normalized spacial score (nSPS) is 20.2. The Morgan fingerprint density at radius 3 is 2.72 bits per heavy atom. The second-order valence-electron chi connectivity index (χ2n) is 6.54. The maximum Gasteiger partial charge on any atom is 0.376 e. The number of oxazole rings is 1. The maximum atomic E-state index is 12.5. The van der Waals surface area contributed by atoms with E-state index >= 15 is 0 Å². The number of nitrogens with zero attached hydrogens (tertiary/aromatic N) is 2. The van der Waals surface area contributed by atoms with Gasteiger partial charge in [-0.05, 0) is 39.5 Å². The third kappa shape index (κ3) is 4.00. The Labute approximate surface area is 145 Å². The standard InChI is InChI=1S/C17H23N3O5/c1-3-24-16(23)13-10(2)18-17(25-13)19-14(21)12-5-4-8-20(9-12)15(22)11-6-7-11/h11-12H,3-9H2,1-2H3,(H,18,19,21)/t12-/m0/s1. The van der Waals surface area contributed by atoms with Crippen LogP contribution in [0.2, 0.25) is 0 Å². The Morgan fingerprint density at radius 1 is 1.28 bits per heavy atom. The number of rotatable bonds is 5. The first-order chi connectivity index (χ1) is 12.0. The quantitative estimate of drug-likeness (QED) is 0.813. The number of carbonyl (C=O) groups is 3. The van der Waals surface area contributed by atoms with Gasteiger partial charge in [0, 0.05) is 19.0 Å². The summed E-state index contributed by atoms with van der Waals surface area (Å²) in [5.41, 5.74) is 0.364. The number of hydrogen-bond acceptors (Lipinski definition) is 6. The van der Waals surface area contributed by atoms with Crippen molar-refractivity contribution in [3.8, 4) is 0 Å². The van der Waals surface area contributed by atoms with Crippen LogP contribution in [0, 0.1) is 18.8 Å². The molecule has 0 bridgehead atoms.